The Labute approximate surface area is 163 Å². The summed E-state index contributed by atoms with van der Waals surface area (Å²) in [5.74, 6) is 1.54. The minimum Gasteiger partial charge on any atom is -0.490 e. The molecule has 2 aromatic heterocycles. The SMILES string of the molecule is Cc1cccn2cc(C(=O)N3CCCC3c3ccc4c(c3)OCCCO4)nc12. The van der Waals surface area contributed by atoms with Crippen LogP contribution in [0.5, 0.6) is 11.5 Å². The number of benzene rings is 1. The Bertz CT molecular complexity index is 1040. The van der Waals surface area contributed by atoms with E-state index in [9.17, 15) is 4.79 Å². The van der Waals surface area contributed by atoms with Gasteiger partial charge in [-0.1, -0.05) is 12.1 Å². The summed E-state index contributed by atoms with van der Waals surface area (Å²) >= 11 is 0. The van der Waals surface area contributed by atoms with Gasteiger partial charge in [-0.3, -0.25) is 4.79 Å². The Balaban J connectivity index is 1.45. The number of aryl methyl sites for hydroxylation is 1. The minimum absolute atomic E-state index is 0.0160. The molecule has 2 aliphatic rings. The summed E-state index contributed by atoms with van der Waals surface area (Å²) in [7, 11) is 0. The molecule has 0 aliphatic carbocycles. The van der Waals surface area contributed by atoms with Gasteiger partial charge in [-0.25, -0.2) is 4.98 Å². The number of imidazole rings is 1. The number of hydrogen-bond donors (Lipinski definition) is 0. The van der Waals surface area contributed by atoms with Crippen LogP contribution in [0, 0.1) is 6.92 Å². The molecule has 0 saturated carbocycles. The largest absolute Gasteiger partial charge is 0.490 e. The molecule has 0 bridgehead atoms. The monoisotopic (exact) mass is 377 g/mol. The van der Waals surface area contributed by atoms with E-state index in [1.807, 2.05) is 52.9 Å². The summed E-state index contributed by atoms with van der Waals surface area (Å²) in [5, 5.41) is 0. The molecule has 144 valence electrons. The first-order valence-corrected chi connectivity index (χ1v) is 9.85. The van der Waals surface area contributed by atoms with Crippen LogP contribution in [0.25, 0.3) is 5.65 Å². The molecule has 6 heteroatoms. The highest BCUT2D eigenvalue weighted by Gasteiger charge is 2.32. The number of aromatic nitrogens is 2. The van der Waals surface area contributed by atoms with Crippen molar-refractivity contribution in [1.29, 1.82) is 0 Å². The van der Waals surface area contributed by atoms with Crippen LogP contribution < -0.4 is 9.47 Å². The second-order valence-corrected chi connectivity index (χ2v) is 7.46. The molecule has 6 nitrogen and oxygen atoms in total. The second-order valence-electron chi connectivity index (χ2n) is 7.46. The Hall–Kier alpha value is -3.02. The zero-order valence-corrected chi connectivity index (χ0v) is 15.9. The Kier molecular flexibility index (Phi) is 4.19. The molecule has 1 fully saturated rings. The van der Waals surface area contributed by atoms with E-state index in [1.54, 1.807) is 0 Å². The Morgan fingerprint density at radius 2 is 2.00 bits per heavy atom. The van der Waals surface area contributed by atoms with Crippen molar-refractivity contribution >= 4 is 11.6 Å². The van der Waals surface area contributed by atoms with Gasteiger partial charge in [-0.15, -0.1) is 0 Å². The van der Waals surface area contributed by atoms with Crippen molar-refractivity contribution in [2.75, 3.05) is 19.8 Å². The highest BCUT2D eigenvalue weighted by Crippen LogP contribution is 2.38. The second kappa shape index (κ2) is 6.86. The lowest BCUT2D eigenvalue weighted by Gasteiger charge is -2.25. The van der Waals surface area contributed by atoms with E-state index in [0.717, 1.165) is 54.1 Å². The van der Waals surface area contributed by atoms with Gasteiger partial charge in [0.05, 0.1) is 19.3 Å². The van der Waals surface area contributed by atoms with E-state index in [4.69, 9.17) is 9.47 Å². The fourth-order valence-electron chi connectivity index (χ4n) is 4.15. The Morgan fingerprint density at radius 1 is 1.14 bits per heavy atom. The first-order valence-electron chi connectivity index (χ1n) is 9.85. The molecule has 3 aromatic rings. The van der Waals surface area contributed by atoms with Crippen LogP contribution in [-0.4, -0.2) is 40.0 Å². The average Bonchev–Trinajstić information content (AvgIpc) is 3.30. The van der Waals surface area contributed by atoms with Crippen molar-refractivity contribution in [1.82, 2.24) is 14.3 Å². The van der Waals surface area contributed by atoms with Crippen LogP contribution in [0.4, 0.5) is 0 Å². The van der Waals surface area contributed by atoms with Crippen molar-refractivity contribution in [2.45, 2.75) is 32.2 Å². The number of pyridine rings is 1. The van der Waals surface area contributed by atoms with Gasteiger partial charge in [0.2, 0.25) is 0 Å². The molecule has 1 saturated heterocycles. The Morgan fingerprint density at radius 3 is 2.86 bits per heavy atom. The zero-order valence-electron chi connectivity index (χ0n) is 15.9. The van der Waals surface area contributed by atoms with Gasteiger partial charge < -0.3 is 18.8 Å². The summed E-state index contributed by atoms with van der Waals surface area (Å²) in [6, 6.07) is 10.1. The lowest BCUT2D eigenvalue weighted by atomic mass is 10.0. The zero-order chi connectivity index (χ0) is 19.1. The van der Waals surface area contributed by atoms with E-state index in [0.29, 0.717) is 18.9 Å². The van der Waals surface area contributed by atoms with Crippen LogP contribution in [0.3, 0.4) is 0 Å². The topological polar surface area (TPSA) is 56.1 Å². The number of carbonyl (C=O) groups excluding carboxylic acids is 1. The molecule has 1 atom stereocenters. The van der Waals surface area contributed by atoms with Gasteiger partial charge in [0, 0.05) is 25.4 Å². The molecule has 0 N–H and O–H groups in total. The number of likely N-dealkylation sites (tertiary alicyclic amines) is 1. The van der Waals surface area contributed by atoms with E-state index in [2.05, 4.69) is 11.1 Å². The minimum atomic E-state index is -0.0160. The lowest BCUT2D eigenvalue weighted by Crippen LogP contribution is -2.30. The highest BCUT2D eigenvalue weighted by molar-refractivity contribution is 5.93. The smallest absolute Gasteiger partial charge is 0.274 e. The van der Waals surface area contributed by atoms with Crippen molar-refractivity contribution in [3.8, 4) is 11.5 Å². The predicted molar refractivity (Wildman–Crippen MR) is 105 cm³/mol. The lowest BCUT2D eigenvalue weighted by molar-refractivity contribution is 0.0730. The maximum Gasteiger partial charge on any atom is 0.274 e. The van der Waals surface area contributed by atoms with Crippen LogP contribution in [-0.2, 0) is 0 Å². The maximum atomic E-state index is 13.2. The van der Waals surface area contributed by atoms with Crippen molar-refractivity contribution in [3.05, 3.63) is 59.5 Å². The van der Waals surface area contributed by atoms with Gasteiger partial charge in [0.25, 0.3) is 5.91 Å². The molecular weight excluding hydrogens is 354 g/mol. The average molecular weight is 377 g/mol. The summed E-state index contributed by atoms with van der Waals surface area (Å²) in [6.07, 6.45) is 6.56. The quantitative estimate of drug-likeness (QED) is 0.682. The molecule has 4 heterocycles. The third kappa shape index (κ3) is 2.89. The number of fused-ring (bicyclic) bond motifs is 2. The summed E-state index contributed by atoms with van der Waals surface area (Å²) in [5.41, 5.74) is 3.48. The van der Waals surface area contributed by atoms with Crippen LogP contribution in [0.1, 0.15) is 46.9 Å². The molecule has 0 radical (unpaired) electrons. The number of amides is 1. The van der Waals surface area contributed by atoms with Crippen molar-refractivity contribution in [3.63, 3.8) is 0 Å². The van der Waals surface area contributed by atoms with Crippen LogP contribution in [0.2, 0.25) is 0 Å². The number of ether oxygens (including phenoxy) is 2. The maximum absolute atomic E-state index is 13.2. The van der Waals surface area contributed by atoms with Crippen LogP contribution >= 0.6 is 0 Å². The van der Waals surface area contributed by atoms with E-state index in [-0.39, 0.29) is 11.9 Å². The summed E-state index contributed by atoms with van der Waals surface area (Å²) < 4.78 is 13.5. The first-order chi connectivity index (χ1) is 13.7. The van der Waals surface area contributed by atoms with Gasteiger partial charge in [0.1, 0.15) is 11.3 Å². The fraction of sp³-hybridized carbons (Fsp3) is 0.364. The summed E-state index contributed by atoms with van der Waals surface area (Å²) in [4.78, 5) is 19.8. The van der Waals surface area contributed by atoms with Crippen molar-refractivity contribution < 1.29 is 14.3 Å². The molecular formula is C22H23N3O3. The number of hydrogen-bond acceptors (Lipinski definition) is 4. The molecule has 0 spiro atoms. The molecule has 1 amide bonds. The third-order valence-corrected chi connectivity index (χ3v) is 5.57. The van der Waals surface area contributed by atoms with Gasteiger partial charge in [0.15, 0.2) is 11.5 Å². The van der Waals surface area contributed by atoms with Gasteiger partial charge in [-0.2, -0.15) is 0 Å². The van der Waals surface area contributed by atoms with E-state index in [1.165, 1.54) is 0 Å². The predicted octanol–water partition coefficient (Wildman–Crippen LogP) is 3.78. The van der Waals surface area contributed by atoms with E-state index >= 15 is 0 Å². The van der Waals surface area contributed by atoms with E-state index < -0.39 is 0 Å². The standard InChI is InChI=1S/C22H23N3O3/c1-15-5-2-9-24-14-17(23-21(15)24)22(26)25-10-3-6-18(25)16-7-8-19-20(13-16)28-12-4-11-27-19/h2,5,7-9,13-14,18H,3-4,6,10-12H2,1H3. The normalized spacial score (nSPS) is 19.0. The number of nitrogens with zero attached hydrogens (tertiary/aromatic N) is 3. The third-order valence-electron chi connectivity index (χ3n) is 5.57. The molecule has 2 aliphatic heterocycles. The molecule has 1 aromatic carbocycles. The van der Waals surface area contributed by atoms with Crippen LogP contribution in [0.15, 0.2) is 42.7 Å². The first kappa shape index (κ1) is 17.1. The fourth-order valence-corrected chi connectivity index (χ4v) is 4.15. The highest BCUT2D eigenvalue weighted by atomic mass is 16.5. The molecule has 5 rings (SSSR count). The van der Waals surface area contributed by atoms with Gasteiger partial charge in [-0.05, 0) is 49.1 Å². The summed E-state index contributed by atoms with van der Waals surface area (Å²) in [6.45, 7) is 4.08. The molecule has 1 unspecified atom stereocenters. The van der Waals surface area contributed by atoms with Crippen molar-refractivity contribution in [2.24, 2.45) is 0 Å². The molecule has 28 heavy (non-hydrogen) atoms. The number of carbonyl (C=O) groups is 1. The van der Waals surface area contributed by atoms with Gasteiger partial charge >= 0.3 is 0 Å². The number of rotatable bonds is 2.